The van der Waals surface area contributed by atoms with Crippen LogP contribution in [0.1, 0.15) is 13.8 Å². The van der Waals surface area contributed by atoms with E-state index in [4.69, 9.17) is 4.74 Å². The predicted molar refractivity (Wildman–Crippen MR) is 70.6 cm³/mol. The molecule has 1 amide bonds. The van der Waals surface area contributed by atoms with Gasteiger partial charge in [0, 0.05) is 25.7 Å². The molecule has 1 aromatic rings. The minimum Gasteiger partial charge on any atom is -0.481 e. The molecule has 1 aliphatic rings. The van der Waals surface area contributed by atoms with Crippen LogP contribution in [0.4, 0.5) is 0 Å². The normalized spacial score (nSPS) is 21.4. The van der Waals surface area contributed by atoms with E-state index >= 15 is 0 Å². The molecule has 1 heterocycles. The average molecular weight is 248 g/mol. The molecule has 0 aliphatic carbocycles. The van der Waals surface area contributed by atoms with Crippen molar-refractivity contribution in [2.45, 2.75) is 26.0 Å². The molecule has 1 fully saturated rings. The first-order chi connectivity index (χ1) is 8.66. The quantitative estimate of drug-likeness (QED) is 0.876. The smallest absolute Gasteiger partial charge is 0.263 e. The SMILES string of the molecule is CC1CN(C(=O)C(C)Oc2ccccc2)CCN1. The molecule has 4 heteroatoms. The van der Waals surface area contributed by atoms with Gasteiger partial charge in [-0.15, -0.1) is 0 Å². The summed E-state index contributed by atoms with van der Waals surface area (Å²) >= 11 is 0. The molecule has 18 heavy (non-hydrogen) atoms. The van der Waals surface area contributed by atoms with Crippen molar-refractivity contribution in [2.75, 3.05) is 19.6 Å². The first-order valence-corrected chi connectivity index (χ1v) is 6.40. The van der Waals surface area contributed by atoms with E-state index < -0.39 is 6.10 Å². The van der Waals surface area contributed by atoms with Gasteiger partial charge in [0.05, 0.1) is 0 Å². The molecule has 0 saturated carbocycles. The van der Waals surface area contributed by atoms with Crippen LogP contribution in [0.2, 0.25) is 0 Å². The van der Waals surface area contributed by atoms with Gasteiger partial charge >= 0.3 is 0 Å². The van der Waals surface area contributed by atoms with Crippen molar-refractivity contribution >= 4 is 5.91 Å². The number of benzene rings is 1. The number of nitrogens with one attached hydrogen (secondary N) is 1. The van der Waals surface area contributed by atoms with Gasteiger partial charge in [-0.3, -0.25) is 4.79 Å². The highest BCUT2D eigenvalue weighted by molar-refractivity contribution is 5.81. The molecule has 0 aromatic heterocycles. The minimum atomic E-state index is -0.433. The molecule has 0 radical (unpaired) electrons. The zero-order valence-electron chi connectivity index (χ0n) is 10.9. The van der Waals surface area contributed by atoms with Crippen molar-refractivity contribution in [2.24, 2.45) is 0 Å². The molecule has 0 spiro atoms. The maximum Gasteiger partial charge on any atom is 0.263 e. The van der Waals surface area contributed by atoms with E-state index in [1.807, 2.05) is 42.2 Å². The maximum atomic E-state index is 12.2. The Kier molecular flexibility index (Phi) is 4.20. The number of ether oxygens (including phenoxy) is 1. The Balaban J connectivity index is 1.92. The lowest BCUT2D eigenvalue weighted by Gasteiger charge is -2.33. The van der Waals surface area contributed by atoms with Gasteiger partial charge in [0.25, 0.3) is 5.91 Å². The summed E-state index contributed by atoms with van der Waals surface area (Å²) in [5, 5.41) is 3.32. The number of carbonyl (C=O) groups excluding carboxylic acids is 1. The van der Waals surface area contributed by atoms with Gasteiger partial charge in [-0.2, -0.15) is 0 Å². The van der Waals surface area contributed by atoms with Crippen LogP contribution in [-0.2, 0) is 4.79 Å². The van der Waals surface area contributed by atoms with Crippen molar-refractivity contribution in [3.8, 4) is 5.75 Å². The monoisotopic (exact) mass is 248 g/mol. The van der Waals surface area contributed by atoms with E-state index in [1.165, 1.54) is 0 Å². The topological polar surface area (TPSA) is 41.6 Å². The van der Waals surface area contributed by atoms with Gasteiger partial charge in [-0.1, -0.05) is 18.2 Å². The molecule has 2 unspecified atom stereocenters. The van der Waals surface area contributed by atoms with Crippen LogP contribution < -0.4 is 10.1 Å². The Labute approximate surface area is 108 Å². The number of nitrogens with zero attached hydrogens (tertiary/aromatic N) is 1. The number of para-hydroxylation sites is 1. The summed E-state index contributed by atoms with van der Waals surface area (Å²) in [6.45, 7) is 6.25. The Hall–Kier alpha value is -1.55. The van der Waals surface area contributed by atoms with Crippen LogP contribution in [0.3, 0.4) is 0 Å². The standard InChI is InChI=1S/C14H20N2O2/c1-11-10-16(9-8-15-11)14(17)12(2)18-13-6-4-3-5-7-13/h3-7,11-12,15H,8-10H2,1-2H3. The molecule has 98 valence electrons. The molecule has 1 aliphatic heterocycles. The van der Waals surface area contributed by atoms with Gasteiger partial charge < -0.3 is 15.0 Å². The molecule has 2 rings (SSSR count). The van der Waals surface area contributed by atoms with Crippen LogP contribution in [-0.4, -0.2) is 42.6 Å². The van der Waals surface area contributed by atoms with E-state index in [0.29, 0.717) is 6.04 Å². The average Bonchev–Trinajstić information content (AvgIpc) is 2.39. The van der Waals surface area contributed by atoms with Crippen molar-refractivity contribution in [1.82, 2.24) is 10.2 Å². The second-order valence-electron chi connectivity index (χ2n) is 4.71. The number of hydrogen-bond acceptors (Lipinski definition) is 3. The van der Waals surface area contributed by atoms with E-state index in [9.17, 15) is 4.79 Å². The fourth-order valence-electron chi connectivity index (χ4n) is 2.14. The van der Waals surface area contributed by atoms with Gasteiger partial charge in [-0.05, 0) is 26.0 Å². The third-order valence-corrected chi connectivity index (χ3v) is 3.08. The number of rotatable bonds is 3. The molecular weight excluding hydrogens is 228 g/mol. The zero-order valence-corrected chi connectivity index (χ0v) is 10.9. The van der Waals surface area contributed by atoms with Crippen LogP contribution in [0.25, 0.3) is 0 Å². The van der Waals surface area contributed by atoms with Crippen LogP contribution in [0.5, 0.6) is 5.75 Å². The van der Waals surface area contributed by atoms with Crippen molar-refractivity contribution in [3.05, 3.63) is 30.3 Å². The summed E-state index contributed by atoms with van der Waals surface area (Å²) in [5.41, 5.74) is 0. The highest BCUT2D eigenvalue weighted by atomic mass is 16.5. The van der Waals surface area contributed by atoms with Crippen LogP contribution in [0.15, 0.2) is 30.3 Å². The van der Waals surface area contributed by atoms with Crippen molar-refractivity contribution in [1.29, 1.82) is 0 Å². The summed E-state index contributed by atoms with van der Waals surface area (Å²) in [4.78, 5) is 14.1. The van der Waals surface area contributed by atoms with E-state index in [1.54, 1.807) is 0 Å². The van der Waals surface area contributed by atoms with Crippen LogP contribution in [0, 0.1) is 0 Å². The highest BCUT2D eigenvalue weighted by Crippen LogP contribution is 2.12. The fraction of sp³-hybridized carbons (Fsp3) is 0.500. The molecule has 1 saturated heterocycles. The number of hydrogen-bond donors (Lipinski definition) is 1. The maximum absolute atomic E-state index is 12.2. The van der Waals surface area contributed by atoms with Gasteiger partial charge in [0.1, 0.15) is 5.75 Å². The second kappa shape index (κ2) is 5.87. The van der Waals surface area contributed by atoms with Gasteiger partial charge in [0.15, 0.2) is 6.10 Å². The summed E-state index contributed by atoms with van der Waals surface area (Å²) in [6.07, 6.45) is -0.433. The molecule has 1 aromatic carbocycles. The zero-order chi connectivity index (χ0) is 13.0. The Morgan fingerprint density at radius 2 is 2.17 bits per heavy atom. The summed E-state index contributed by atoms with van der Waals surface area (Å²) in [7, 11) is 0. The van der Waals surface area contributed by atoms with Crippen molar-refractivity contribution in [3.63, 3.8) is 0 Å². The summed E-state index contributed by atoms with van der Waals surface area (Å²) in [5.74, 6) is 0.800. The second-order valence-corrected chi connectivity index (χ2v) is 4.71. The number of amides is 1. The molecule has 2 atom stereocenters. The first-order valence-electron chi connectivity index (χ1n) is 6.40. The van der Waals surface area contributed by atoms with E-state index in [0.717, 1.165) is 25.4 Å². The lowest BCUT2D eigenvalue weighted by molar-refractivity contribution is -0.139. The van der Waals surface area contributed by atoms with Gasteiger partial charge in [-0.25, -0.2) is 0 Å². The first kappa shape index (κ1) is 12.9. The predicted octanol–water partition coefficient (Wildman–Crippen LogP) is 1.27. The van der Waals surface area contributed by atoms with Crippen molar-refractivity contribution < 1.29 is 9.53 Å². The summed E-state index contributed by atoms with van der Waals surface area (Å²) < 4.78 is 5.65. The third-order valence-electron chi connectivity index (χ3n) is 3.08. The van der Waals surface area contributed by atoms with Crippen LogP contribution >= 0.6 is 0 Å². The minimum absolute atomic E-state index is 0.0622. The molecule has 0 bridgehead atoms. The lowest BCUT2D eigenvalue weighted by atomic mass is 10.2. The Bertz CT molecular complexity index is 394. The van der Waals surface area contributed by atoms with E-state index in [-0.39, 0.29) is 5.91 Å². The Morgan fingerprint density at radius 3 is 2.83 bits per heavy atom. The molecule has 4 nitrogen and oxygen atoms in total. The third kappa shape index (κ3) is 3.23. The lowest BCUT2D eigenvalue weighted by Crippen LogP contribution is -2.54. The molecule has 1 N–H and O–H groups in total. The number of carbonyl (C=O) groups is 1. The van der Waals surface area contributed by atoms with E-state index in [2.05, 4.69) is 12.2 Å². The fourth-order valence-corrected chi connectivity index (χ4v) is 2.14. The highest BCUT2D eigenvalue weighted by Gasteiger charge is 2.25. The largest absolute Gasteiger partial charge is 0.481 e. The number of piperazine rings is 1. The van der Waals surface area contributed by atoms with Gasteiger partial charge in [0.2, 0.25) is 0 Å². The Morgan fingerprint density at radius 1 is 1.44 bits per heavy atom. The molecular formula is C14H20N2O2. The summed E-state index contributed by atoms with van der Waals surface area (Å²) in [6, 6.07) is 9.82.